The van der Waals surface area contributed by atoms with Gasteiger partial charge in [-0.3, -0.25) is 0 Å². The van der Waals surface area contributed by atoms with Crippen molar-refractivity contribution in [2.24, 2.45) is 0 Å². The van der Waals surface area contributed by atoms with Gasteiger partial charge in [-0.1, -0.05) is 14.2 Å². The molecule has 3 heteroatoms. The Labute approximate surface area is 39.1 Å². The Kier molecular flexibility index (Phi) is 4.38. The van der Waals surface area contributed by atoms with Crippen molar-refractivity contribution in [1.82, 2.24) is 0 Å². The Morgan fingerprint density at radius 2 is 1.80 bits per heavy atom. The molecule has 0 bridgehead atoms. The molecule has 0 aromatic carbocycles. The van der Waals surface area contributed by atoms with Gasteiger partial charge in [0, 0.05) is 0 Å². The van der Waals surface area contributed by atoms with Gasteiger partial charge in [0.25, 0.3) is 0 Å². The molecule has 0 aliphatic carbocycles. The Hall–Kier alpha value is 1.29. The van der Waals surface area contributed by atoms with Gasteiger partial charge < -0.3 is 0 Å². The van der Waals surface area contributed by atoms with Crippen molar-refractivity contribution in [2.75, 3.05) is 6.16 Å². The van der Waals surface area contributed by atoms with E-state index in [1.54, 1.807) is 0 Å². The second kappa shape index (κ2) is 3.48. The van der Waals surface area contributed by atoms with Crippen LogP contribution in [0.2, 0.25) is 0 Å². The Balaban J connectivity index is 2.54. The lowest BCUT2D eigenvalue weighted by molar-refractivity contribution is 1.53. The molecule has 0 saturated heterocycles. The Morgan fingerprint density at radius 3 is 1.80 bits per heavy atom. The standard InChI is InChI=1S/C2H9P3/c1-2-5(3)4/h2-4H2,1H3. The molecular weight excluding hydrogens is 117 g/mol. The predicted octanol–water partition coefficient (Wildman–Crippen LogP) is 2.07. The van der Waals surface area contributed by atoms with Crippen LogP contribution in [0.4, 0.5) is 0 Å². The lowest BCUT2D eigenvalue weighted by atomic mass is 11.0. The highest BCUT2D eigenvalue weighted by Crippen LogP contribution is 2.51. The monoisotopic (exact) mass is 126 g/mol. The van der Waals surface area contributed by atoms with Crippen molar-refractivity contribution >= 4 is 25.2 Å². The van der Waals surface area contributed by atoms with E-state index in [0.29, 0.717) is 0 Å². The Bertz CT molecular complexity index is 18.9. The summed E-state index contributed by atoms with van der Waals surface area (Å²) in [4.78, 5) is 0. The van der Waals surface area contributed by atoms with Crippen LogP contribution in [0.1, 0.15) is 6.92 Å². The molecule has 0 aliphatic heterocycles. The van der Waals surface area contributed by atoms with Crippen LogP contribution < -0.4 is 0 Å². The van der Waals surface area contributed by atoms with Gasteiger partial charge in [0.1, 0.15) is 0 Å². The molecule has 2 atom stereocenters. The third-order valence-electron chi connectivity index (χ3n) is 0.365. The summed E-state index contributed by atoms with van der Waals surface area (Å²) < 4.78 is 0. The van der Waals surface area contributed by atoms with E-state index in [4.69, 9.17) is 0 Å². The fraction of sp³-hybridized carbons (Fsp3) is 1.00. The zero-order valence-corrected chi connectivity index (χ0v) is 6.51. The van der Waals surface area contributed by atoms with Gasteiger partial charge in [0.2, 0.25) is 0 Å². The van der Waals surface area contributed by atoms with Crippen molar-refractivity contribution in [1.29, 1.82) is 0 Å². The molecule has 32 valence electrons. The van der Waals surface area contributed by atoms with Crippen LogP contribution in [0.15, 0.2) is 0 Å². The van der Waals surface area contributed by atoms with Crippen LogP contribution in [0.3, 0.4) is 0 Å². The molecule has 0 aromatic heterocycles. The molecule has 0 saturated carbocycles. The van der Waals surface area contributed by atoms with E-state index in [9.17, 15) is 0 Å². The maximum absolute atomic E-state index is 2.76. The number of hydrogen-bond acceptors (Lipinski definition) is 0. The summed E-state index contributed by atoms with van der Waals surface area (Å²) in [5.41, 5.74) is 0. The highest BCUT2D eigenvalue weighted by molar-refractivity contribution is 8.43. The zero-order valence-electron chi connectivity index (χ0n) is 3.31. The summed E-state index contributed by atoms with van der Waals surface area (Å²) in [5, 5.41) is 0. The molecule has 0 heterocycles. The fourth-order valence-corrected chi connectivity index (χ4v) is 0. The van der Waals surface area contributed by atoms with E-state index in [0.717, 1.165) is 0 Å². The average molecular weight is 126 g/mol. The normalized spacial score (nSPS) is 9.60. The lowest BCUT2D eigenvalue weighted by Gasteiger charge is -1.92. The molecule has 0 amide bonds. The van der Waals surface area contributed by atoms with Gasteiger partial charge in [-0.2, -0.15) is 0 Å². The van der Waals surface area contributed by atoms with Crippen LogP contribution in [0.5, 0.6) is 0 Å². The average Bonchev–Trinajstić information content (AvgIpc) is 1.38. The summed E-state index contributed by atoms with van der Waals surface area (Å²) in [7, 11) is 5.76. The molecule has 0 nitrogen and oxygen atoms in total. The SMILES string of the molecule is CCP(P)P. The summed E-state index contributed by atoms with van der Waals surface area (Å²) in [6, 6.07) is 0. The van der Waals surface area contributed by atoms with Gasteiger partial charge in [-0.05, 0) is 6.16 Å². The minimum atomic E-state index is 0.235. The minimum absolute atomic E-state index is 0.235. The second-order valence-electron chi connectivity index (χ2n) is 0.830. The number of rotatable bonds is 1. The van der Waals surface area contributed by atoms with Crippen molar-refractivity contribution in [3.63, 3.8) is 0 Å². The van der Waals surface area contributed by atoms with Gasteiger partial charge >= 0.3 is 0 Å². The van der Waals surface area contributed by atoms with Crippen molar-refractivity contribution in [2.45, 2.75) is 6.92 Å². The maximum atomic E-state index is 2.76. The van der Waals surface area contributed by atoms with E-state index >= 15 is 0 Å². The first-order chi connectivity index (χ1) is 2.27. The molecule has 0 aromatic rings. The van der Waals surface area contributed by atoms with E-state index in [1.807, 2.05) is 0 Å². The fourth-order valence-electron chi connectivity index (χ4n) is 0. The smallest absolute Gasteiger partial charge is 0.0286 e. The molecule has 0 fully saturated rings. The second-order valence-corrected chi connectivity index (χ2v) is 8.26. The first kappa shape index (κ1) is 6.29. The van der Waals surface area contributed by atoms with Crippen LogP contribution in [-0.2, 0) is 0 Å². The lowest BCUT2D eigenvalue weighted by Crippen LogP contribution is -1.49. The van der Waals surface area contributed by atoms with Crippen LogP contribution in [-0.4, -0.2) is 6.16 Å². The molecule has 0 radical (unpaired) electrons. The van der Waals surface area contributed by atoms with Crippen molar-refractivity contribution in [3.05, 3.63) is 0 Å². The van der Waals surface area contributed by atoms with Gasteiger partial charge in [0.15, 0.2) is 0 Å². The summed E-state index contributed by atoms with van der Waals surface area (Å²) in [6.45, 7) is 2.19. The van der Waals surface area contributed by atoms with Crippen molar-refractivity contribution in [3.8, 4) is 0 Å². The molecule has 5 heavy (non-hydrogen) atoms. The van der Waals surface area contributed by atoms with Gasteiger partial charge in [-0.25, -0.2) is 0 Å². The van der Waals surface area contributed by atoms with Gasteiger partial charge in [-0.15, -0.1) is 17.9 Å². The van der Waals surface area contributed by atoms with E-state index in [2.05, 4.69) is 24.8 Å². The van der Waals surface area contributed by atoms with Crippen molar-refractivity contribution < 1.29 is 0 Å². The summed E-state index contributed by atoms with van der Waals surface area (Å²) in [5.74, 6) is 0. The first-order valence-electron chi connectivity index (χ1n) is 1.54. The third kappa shape index (κ3) is 5.29. The highest BCUT2D eigenvalue weighted by atomic mass is 32.4. The molecule has 2 unspecified atom stereocenters. The largest absolute Gasteiger partial charge is 0.107 e. The maximum Gasteiger partial charge on any atom is -0.0286 e. The molecule has 0 N–H and O–H groups in total. The molecule has 0 rings (SSSR count). The minimum Gasteiger partial charge on any atom is -0.107 e. The van der Waals surface area contributed by atoms with Crippen LogP contribution in [0.25, 0.3) is 0 Å². The molecule has 0 aliphatic rings. The molecule has 0 spiro atoms. The third-order valence-corrected chi connectivity index (χ3v) is 3.29. The molecular formula is C2H9P3. The zero-order chi connectivity index (χ0) is 4.28. The first-order valence-corrected chi connectivity index (χ1v) is 6.30. The van der Waals surface area contributed by atoms with E-state index < -0.39 is 0 Å². The summed E-state index contributed by atoms with van der Waals surface area (Å²) in [6.07, 6.45) is 1.30. The highest BCUT2D eigenvalue weighted by Gasteiger charge is 1.78. The van der Waals surface area contributed by atoms with Crippen LogP contribution >= 0.6 is 25.2 Å². The quantitative estimate of drug-likeness (QED) is 0.471. The van der Waals surface area contributed by atoms with Gasteiger partial charge in [0.05, 0.1) is 0 Å². The predicted molar refractivity (Wildman–Crippen MR) is 36.9 cm³/mol. The van der Waals surface area contributed by atoms with E-state index in [1.165, 1.54) is 6.16 Å². The van der Waals surface area contributed by atoms with E-state index in [-0.39, 0.29) is 7.30 Å². The van der Waals surface area contributed by atoms with Crippen LogP contribution in [0, 0.1) is 0 Å². The number of hydrogen-bond donors (Lipinski definition) is 0. The summed E-state index contributed by atoms with van der Waals surface area (Å²) >= 11 is 0. The topological polar surface area (TPSA) is 0 Å². The Morgan fingerprint density at radius 1 is 1.60 bits per heavy atom.